The molecule has 0 aromatic rings. The molecule has 0 aromatic heterocycles. The summed E-state index contributed by atoms with van der Waals surface area (Å²) in [5.41, 5.74) is 1.16. The van der Waals surface area contributed by atoms with E-state index in [4.69, 9.17) is 4.74 Å². The molecule has 1 fully saturated rings. The molecule has 1 unspecified atom stereocenters. The van der Waals surface area contributed by atoms with E-state index in [1.165, 1.54) is 0 Å². The van der Waals surface area contributed by atoms with E-state index in [0.29, 0.717) is 17.8 Å². The zero-order valence-corrected chi connectivity index (χ0v) is 7.93. The van der Waals surface area contributed by atoms with Crippen LogP contribution >= 0.6 is 0 Å². The lowest BCUT2D eigenvalue weighted by molar-refractivity contribution is -0.117. The molecule has 1 rings (SSSR count). The lowest BCUT2D eigenvalue weighted by Gasteiger charge is -2.11. The first kappa shape index (κ1) is 9.99. The van der Waals surface area contributed by atoms with Crippen molar-refractivity contribution in [2.24, 2.45) is 0 Å². The number of ether oxygens (including phenoxy) is 1. The second-order valence-corrected chi connectivity index (χ2v) is 3.29. The molecule has 0 aromatic carbocycles. The molecule has 1 N–H and O–H groups in total. The van der Waals surface area contributed by atoms with Gasteiger partial charge in [0, 0.05) is 12.2 Å². The average Bonchev–Trinajstić information content (AvgIpc) is 2.55. The maximum absolute atomic E-state index is 11.4. The highest BCUT2D eigenvalue weighted by atomic mass is 16.5. The molecule has 3 nitrogen and oxygen atoms in total. The van der Waals surface area contributed by atoms with Gasteiger partial charge in [0.25, 0.3) is 5.91 Å². The molecule has 1 heterocycles. The summed E-state index contributed by atoms with van der Waals surface area (Å²) < 4.78 is 5.13. The van der Waals surface area contributed by atoms with Crippen molar-refractivity contribution < 1.29 is 9.53 Å². The van der Waals surface area contributed by atoms with Gasteiger partial charge in [-0.25, -0.2) is 0 Å². The highest BCUT2D eigenvalue weighted by Crippen LogP contribution is 2.07. The molecule has 1 amide bonds. The average molecular weight is 181 g/mol. The Labute approximate surface area is 78.5 Å². The van der Waals surface area contributed by atoms with E-state index in [9.17, 15) is 4.79 Å². The summed E-state index contributed by atoms with van der Waals surface area (Å²) in [5, 5.41) is 2.84. The van der Waals surface area contributed by atoms with Gasteiger partial charge in [0.05, 0.1) is 12.6 Å². The Bertz CT molecular complexity index is 239. The molecule has 0 saturated carbocycles. The summed E-state index contributed by atoms with van der Waals surface area (Å²) in [6.07, 6.45) is 0.884. The Morgan fingerprint density at radius 3 is 2.69 bits per heavy atom. The van der Waals surface area contributed by atoms with Gasteiger partial charge in [0.1, 0.15) is 0 Å². The molecule has 1 aliphatic heterocycles. The molecule has 0 spiro atoms. The Morgan fingerprint density at radius 2 is 2.23 bits per heavy atom. The molecular weight excluding hydrogens is 166 g/mol. The first-order chi connectivity index (χ1) is 6.11. The normalized spacial score (nSPS) is 21.2. The van der Waals surface area contributed by atoms with Crippen molar-refractivity contribution in [3.8, 4) is 0 Å². The highest BCUT2D eigenvalue weighted by Gasteiger charge is 2.18. The summed E-state index contributed by atoms with van der Waals surface area (Å²) in [5.74, 6) is -0.136. The Balaban J connectivity index is 2.40. The van der Waals surface area contributed by atoms with E-state index in [2.05, 4.69) is 18.5 Å². The third kappa shape index (κ3) is 2.70. The van der Waals surface area contributed by atoms with Crippen LogP contribution in [0.1, 0.15) is 13.3 Å². The Morgan fingerprint density at radius 1 is 1.54 bits per heavy atom. The van der Waals surface area contributed by atoms with Crippen molar-refractivity contribution in [2.75, 3.05) is 13.2 Å². The van der Waals surface area contributed by atoms with Gasteiger partial charge >= 0.3 is 0 Å². The first-order valence-electron chi connectivity index (χ1n) is 4.34. The van der Waals surface area contributed by atoms with E-state index in [-0.39, 0.29) is 11.9 Å². The number of carbonyl (C=O) groups excluding carboxylic acids is 1. The molecule has 1 atom stereocenters. The fraction of sp³-hybridized carbons (Fsp3) is 0.500. The summed E-state index contributed by atoms with van der Waals surface area (Å²) in [6.45, 7) is 10.4. The number of nitrogens with one attached hydrogen (secondary N) is 1. The van der Waals surface area contributed by atoms with Crippen molar-refractivity contribution in [3.05, 3.63) is 24.3 Å². The standard InChI is InChI=1S/C10H15NO2/c1-7(2)8(3)10(12)11-9-4-5-13-6-9/h9H,1,3-6H2,2H3,(H,11,12). The zero-order valence-electron chi connectivity index (χ0n) is 7.93. The van der Waals surface area contributed by atoms with Crippen LogP contribution in [0.3, 0.4) is 0 Å². The van der Waals surface area contributed by atoms with Crippen LogP contribution in [0, 0.1) is 0 Å². The molecule has 0 aliphatic carbocycles. The summed E-state index contributed by atoms with van der Waals surface area (Å²) >= 11 is 0. The van der Waals surface area contributed by atoms with Crippen LogP contribution in [0.25, 0.3) is 0 Å². The van der Waals surface area contributed by atoms with E-state index in [0.717, 1.165) is 13.0 Å². The second-order valence-electron chi connectivity index (χ2n) is 3.29. The van der Waals surface area contributed by atoms with Crippen LogP contribution in [0.4, 0.5) is 0 Å². The monoisotopic (exact) mass is 181 g/mol. The maximum atomic E-state index is 11.4. The first-order valence-corrected chi connectivity index (χ1v) is 4.34. The van der Waals surface area contributed by atoms with Crippen molar-refractivity contribution in [2.45, 2.75) is 19.4 Å². The van der Waals surface area contributed by atoms with Gasteiger partial charge in [0.2, 0.25) is 0 Å². The van der Waals surface area contributed by atoms with Crippen LogP contribution in [0.5, 0.6) is 0 Å². The molecule has 0 bridgehead atoms. The number of hydrogen-bond acceptors (Lipinski definition) is 2. The van der Waals surface area contributed by atoms with Gasteiger partial charge in [-0.3, -0.25) is 4.79 Å². The van der Waals surface area contributed by atoms with Gasteiger partial charge in [0.15, 0.2) is 0 Å². The predicted octanol–water partition coefficient (Wildman–Crippen LogP) is 1.02. The maximum Gasteiger partial charge on any atom is 0.251 e. The fourth-order valence-corrected chi connectivity index (χ4v) is 1.11. The Kier molecular flexibility index (Phi) is 3.25. The largest absolute Gasteiger partial charge is 0.379 e. The van der Waals surface area contributed by atoms with Crippen molar-refractivity contribution in [1.82, 2.24) is 5.32 Å². The fourth-order valence-electron chi connectivity index (χ4n) is 1.11. The van der Waals surface area contributed by atoms with E-state index in [1.807, 2.05) is 0 Å². The molecule has 13 heavy (non-hydrogen) atoms. The van der Waals surface area contributed by atoms with Gasteiger partial charge < -0.3 is 10.1 Å². The molecule has 72 valence electrons. The van der Waals surface area contributed by atoms with Crippen LogP contribution < -0.4 is 5.32 Å². The van der Waals surface area contributed by atoms with Gasteiger partial charge in [-0.2, -0.15) is 0 Å². The molecular formula is C10H15NO2. The number of hydrogen-bond donors (Lipinski definition) is 1. The summed E-state index contributed by atoms with van der Waals surface area (Å²) in [7, 11) is 0. The van der Waals surface area contributed by atoms with Crippen LogP contribution in [-0.4, -0.2) is 25.2 Å². The minimum Gasteiger partial charge on any atom is -0.379 e. The highest BCUT2D eigenvalue weighted by molar-refractivity contribution is 5.96. The molecule has 3 heteroatoms. The van der Waals surface area contributed by atoms with Crippen molar-refractivity contribution in [3.63, 3.8) is 0 Å². The van der Waals surface area contributed by atoms with E-state index >= 15 is 0 Å². The van der Waals surface area contributed by atoms with Crippen LogP contribution in [-0.2, 0) is 9.53 Å². The second kappa shape index (κ2) is 4.23. The van der Waals surface area contributed by atoms with E-state index in [1.54, 1.807) is 6.92 Å². The number of rotatable bonds is 3. The summed E-state index contributed by atoms with van der Waals surface area (Å²) in [4.78, 5) is 11.4. The molecule has 1 saturated heterocycles. The Hall–Kier alpha value is -1.09. The smallest absolute Gasteiger partial charge is 0.251 e. The third-order valence-corrected chi connectivity index (χ3v) is 2.05. The van der Waals surface area contributed by atoms with Gasteiger partial charge in [-0.1, -0.05) is 13.2 Å². The number of carbonyl (C=O) groups is 1. The van der Waals surface area contributed by atoms with Crippen molar-refractivity contribution >= 4 is 5.91 Å². The minimum absolute atomic E-state index is 0.136. The topological polar surface area (TPSA) is 38.3 Å². The van der Waals surface area contributed by atoms with E-state index < -0.39 is 0 Å². The van der Waals surface area contributed by atoms with Gasteiger partial charge in [-0.05, 0) is 18.9 Å². The predicted molar refractivity (Wildman–Crippen MR) is 51.3 cm³/mol. The lowest BCUT2D eigenvalue weighted by Crippen LogP contribution is -2.35. The third-order valence-electron chi connectivity index (χ3n) is 2.05. The minimum atomic E-state index is -0.136. The van der Waals surface area contributed by atoms with Gasteiger partial charge in [-0.15, -0.1) is 0 Å². The summed E-state index contributed by atoms with van der Waals surface area (Å²) in [6, 6.07) is 0.142. The van der Waals surface area contributed by atoms with Crippen LogP contribution in [0.15, 0.2) is 24.3 Å². The van der Waals surface area contributed by atoms with Crippen LogP contribution in [0.2, 0.25) is 0 Å². The molecule has 0 radical (unpaired) electrons. The lowest BCUT2D eigenvalue weighted by atomic mass is 10.1. The zero-order chi connectivity index (χ0) is 9.84. The SMILES string of the molecule is C=C(C)C(=C)C(=O)NC1CCOC1. The van der Waals surface area contributed by atoms with Crippen molar-refractivity contribution in [1.29, 1.82) is 0 Å². The number of amides is 1. The molecule has 1 aliphatic rings. The quantitative estimate of drug-likeness (QED) is 0.521.